The topological polar surface area (TPSA) is 0 Å². The van der Waals surface area contributed by atoms with Gasteiger partial charge in [-0.15, -0.1) is 0 Å². The highest BCUT2D eigenvalue weighted by atomic mass is 31.1. The fourth-order valence-corrected chi connectivity index (χ4v) is 4.14. The van der Waals surface area contributed by atoms with Gasteiger partial charge in [0.05, 0.1) is 0 Å². The van der Waals surface area contributed by atoms with Gasteiger partial charge in [0, 0.05) is 5.30 Å². The Morgan fingerprint density at radius 1 is 0.882 bits per heavy atom. The molecular formula is C12H15F4P. The first-order valence-corrected chi connectivity index (χ1v) is 7.32. The number of rotatable bonds is 5. The third-order valence-electron chi connectivity index (χ3n) is 2.41. The van der Waals surface area contributed by atoms with Gasteiger partial charge in [0.25, 0.3) is 0 Å². The maximum absolute atomic E-state index is 13.6. The van der Waals surface area contributed by atoms with Crippen LogP contribution < -0.4 is 5.30 Å². The van der Waals surface area contributed by atoms with Crippen LogP contribution in [0, 0.1) is 23.3 Å². The van der Waals surface area contributed by atoms with Gasteiger partial charge in [0.15, 0.2) is 23.3 Å². The molecule has 0 heterocycles. The van der Waals surface area contributed by atoms with Crippen molar-refractivity contribution in [1.82, 2.24) is 0 Å². The normalized spacial score (nSPS) is 11.2. The fraction of sp³-hybridized carbons (Fsp3) is 0.500. The predicted molar refractivity (Wildman–Crippen MR) is 63.1 cm³/mol. The molecule has 0 spiro atoms. The molecule has 0 N–H and O–H groups in total. The lowest BCUT2D eigenvalue weighted by molar-refractivity contribution is 0.412. The summed E-state index contributed by atoms with van der Waals surface area (Å²) in [4.78, 5) is 0. The molecule has 0 aliphatic heterocycles. The molecular weight excluding hydrogens is 251 g/mol. The van der Waals surface area contributed by atoms with E-state index in [1.165, 1.54) is 0 Å². The van der Waals surface area contributed by atoms with Gasteiger partial charge in [-0.3, -0.25) is 0 Å². The van der Waals surface area contributed by atoms with E-state index < -0.39 is 31.2 Å². The molecule has 0 atom stereocenters. The summed E-state index contributed by atoms with van der Waals surface area (Å²) in [5, 5.41) is 0.0140. The number of hydrogen-bond donors (Lipinski definition) is 0. The van der Waals surface area contributed by atoms with Crippen LogP contribution in [-0.2, 0) is 0 Å². The van der Waals surface area contributed by atoms with E-state index in [0.29, 0.717) is 12.3 Å². The van der Waals surface area contributed by atoms with E-state index in [1.807, 2.05) is 13.8 Å². The first-order chi connectivity index (χ1) is 8.02. The molecule has 0 aromatic heterocycles. The first kappa shape index (κ1) is 14.4. The standard InChI is InChI=1S/C12H15F4P/c1-3-5-17(6-4-2)9-7-8(13)10(14)12(16)11(9)15/h7H,3-6H2,1-2H3. The summed E-state index contributed by atoms with van der Waals surface area (Å²) in [6.07, 6.45) is 3.02. The Morgan fingerprint density at radius 2 is 1.41 bits per heavy atom. The van der Waals surface area contributed by atoms with E-state index in [4.69, 9.17) is 0 Å². The predicted octanol–water partition coefficient (Wildman–Crippen LogP) is 4.17. The second kappa shape index (κ2) is 6.34. The van der Waals surface area contributed by atoms with Crippen molar-refractivity contribution in [1.29, 1.82) is 0 Å². The lowest BCUT2D eigenvalue weighted by Gasteiger charge is -2.17. The van der Waals surface area contributed by atoms with Gasteiger partial charge in [-0.25, -0.2) is 17.6 Å². The zero-order valence-electron chi connectivity index (χ0n) is 9.86. The van der Waals surface area contributed by atoms with Crippen molar-refractivity contribution >= 4 is 13.2 Å². The molecule has 1 rings (SSSR count). The third-order valence-corrected chi connectivity index (χ3v) is 5.39. The van der Waals surface area contributed by atoms with Crippen LogP contribution >= 0.6 is 7.92 Å². The van der Waals surface area contributed by atoms with E-state index >= 15 is 0 Å². The molecule has 17 heavy (non-hydrogen) atoms. The average molecular weight is 266 g/mol. The minimum atomic E-state index is -1.73. The summed E-state index contributed by atoms with van der Waals surface area (Å²) in [5.41, 5.74) is 0. The number of halogens is 4. The minimum absolute atomic E-state index is 0.0140. The van der Waals surface area contributed by atoms with Gasteiger partial charge in [0.2, 0.25) is 0 Å². The first-order valence-electron chi connectivity index (χ1n) is 5.60. The summed E-state index contributed by atoms with van der Waals surface area (Å²) >= 11 is 0. The highest BCUT2D eigenvalue weighted by molar-refractivity contribution is 7.65. The molecule has 0 aliphatic rings. The fourth-order valence-electron chi connectivity index (χ4n) is 1.68. The van der Waals surface area contributed by atoms with Crippen molar-refractivity contribution in [3.63, 3.8) is 0 Å². The van der Waals surface area contributed by atoms with E-state index in [1.54, 1.807) is 0 Å². The van der Waals surface area contributed by atoms with Crippen molar-refractivity contribution in [3.8, 4) is 0 Å². The quantitative estimate of drug-likeness (QED) is 0.325. The Morgan fingerprint density at radius 3 is 1.88 bits per heavy atom. The summed E-state index contributed by atoms with van der Waals surface area (Å²) in [5.74, 6) is -5.95. The molecule has 96 valence electrons. The van der Waals surface area contributed by atoms with Gasteiger partial charge in [-0.1, -0.05) is 34.6 Å². The van der Waals surface area contributed by atoms with Crippen LogP contribution in [0.15, 0.2) is 6.07 Å². The van der Waals surface area contributed by atoms with Crippen LogP contribution in [0.2, 0.25) is 0 Å². The number of benzene rings is 1. The van der Waals surface area contributed by atoms with Crippen molar-refractivity contribution in [2.75, 3.05) is 12.3 Å². The molecule has 0 saturated carbocycles. The Hall–Kier alpha value is -0.630. The van der Waals surface area contributed by atoms with Crippen molar-refractivity contribution in [3.05, 3.63) is 29.3 Å². The summed E-state index contributed by atoms with van der Waals surface area (Å²) in [6.45, 7) is 3.86. The zero-order valence-corrected chi connectivity index (χ0v) is 10.8. The van der Waals surface area contributed by atoms with Gasteiger partial charge < -0.3 is 0 Å². The smallest absolute Gasteiger partial charge is 0.198 e. The second-order valence-corrected chi connectivity index (χ2v) is 6.26. The zero-order chi connectivity index (χ0) is 13.0. The lowest BCUT2D eigenvalue weighted by atomic mass is 10.3. The summed E-state index contributed by atoms with van der Waals surface area (Å²) in [7, 11) is -0.943. The maximum atomic E-state index is 13.6. The molecule has 0 aliphatic carbocycles. The Kier molecular flexibility index (Phi) is 5.38. The van der Waals surface area contributed by atoms with Gasteiger partial charge in [-0.2, -0.15) is 0 Å². The molecule has 0 radical (unpaired) electrons. The highest BCUT2D eigenvalue weighted by Crippen LogP contribution is 2.37. The van der Waals surface area contributed by atoms with Crippen molar-refractivity contribution < 1.29 is 17.6 Å². The van der Waals surface area contributed by atoms with Crippen LogP contribution in [0.3, 0.4) is 0 Å². The Labute approximate surface area is 99.8 Å². The lowest BCUT2D eigenvalue weighted by Crippen LogP contribution is -2.16. The largest absolute Gasteiger partial charge is 0.204 e. The summed E-state index contributed by atoms with van der Waals surface area (Å²) in [6, 6.07) is 0.810. The molecule has 5 heteroatoms. The minimum Gasteiger partial charge on any atom is -0.204 e. The van der Waals surface area contributed by atoms with Gasteiger partial charge in [0.1, 0.15) is 0 Å². The Bertz CT molecular complexity index is 387. The maximum Gasteiger partial charge on any atom is 0.198 e. The van der Waals surface area contributed by atoms with Crippen molar-refractivity contribution in [2.24, 2.45) is 0 Å². The van der Waals surface area contributed by atoms with Gasteiger partial charge >= 0.3 is 0 Å². The molecule has 0 unspecified atom stereocenters. The third kappa shape index (κ3) is 3.19. The van der Waals surface area contributed by atoms with Crippen LogP contribution in [0.25, 0.3) is 0 Å². The summed E-state index contributed by atoms with van der Waals surface area (Å²) < 4.78 is 52.6. The molecule has 1 aromatic carbocycles. The molecule has 0 nitrogen and oxygen atoms in total. The molecule has 0 fully saturated rings. The second-order valence-electron chi connectivity index (χ2n) is 3.81. The molecule has 0 saturated heterocycles. The van der Waals surface area contributed by atoms with Crippen LogP contribution in [0.4, 0.5) is 17.6 Å². The van der Waals surface area contributed by atoms with Crippen LogP contribution in [-0.4, -0.2) is 12.3 Å². The van der Waals surface area contributed by atoms with E-state index in [0.717, 1.165) is 18.9 Å². The van der Waals surface area contributed by atoms with Crippen LogP contribution in [0.1, 0.15) is 26.7 Å². The van der Waals surface area contributed by atoms with E-state index in [-0.39, 0.29) is 5.30 Å². The molecule has 1 aromatic rings. The van der Waals surface area contributed by atoms with E-state index in [9.17, 15) is 17.6 Å². The van der Waals surface area contributed by atoms with E-state index in [2.05, 4.69) is 0 Å². The average Bonchev–Trinajstić information content (AvgIpc) is 2.31. The van der Waals surface area contributed by atoms with Crippen LogP contribution in [0.5, 0.6) is 0 Å². The highest BCUT2D eigenvalue weighted by Gasteiger charge is 2.23. The Balaban J connectivity index is 3.18. The SMILES string of the molecule is CCCP(CCC)c1cc(F)c(F)c(F)c1F. The monoisotopic (exact) mass is 266 g/mol. The number of hydrogen-bond acceptors (Lipinski definition) is 0. The van der Waals surface area contributed by atoms with Crippen molar-refractivity contribution in [2.45, 2.75) is 26.7 Å². The molecule has 0 amide bonds. The molecule has 0 bridgehead atoms. The van der Waals surface area contributed by atoms with Gasteiger partial charge in [-0.05, 0) is 18.4 Å².